The van der Waals surface area contributed by atoms with Gasteiger partial charge in [0.2, 0.25) is 0 Å². The van der Waals surface area contributed by atoms with Crippen LogP contribution in [0.2, 0.25) is 5.02 Å². The second-order valence-corrected chi connectivity index (χ2v) is 8.65. The zero-order chi connectivity index (χ0) is 22.8. The van der Waals surface area contributed by atoms with Crippen molar-refractivity contribution in [2.75, 3.05) is 32.8 Å². The van der Waals surface area contributed by atoms with E-state index >= 15 is 0 Å². The predicted molar refractivity (Wildman–Crippen MR) is 118 cm³/mol. The molecule has 10 heteroatoms. The van der Waals surface area contributed by atoms with Crippen LogP contribution in [0.5, 0.6) is 11.5 Å². The van der Waals surface area contributed by atoms with Gasteiger partial charge in [-0.1, -0.05) is 11.6 Å². The van der Waals surface area contributed by atoms with Crippen molar-refractivity contribution in [2.45, 2.75) is 33.0 Å². The van der Waals surface area contributed by atoms with Gasteiger partial charge in [-0.25, -0.2) is 4.68 Å². The molecule has 1 amide bonds. The fourth-order valence-corrected chi connectivity index (χ4v) is 4.24. The molecule has 2 unspecified atom stereocenters. The van der Waals surface area contributed by atoms with Crippen LogP contribution < -0.4 is 20.3 Å². The number of β-amino-alcohol motifs (C(OH)–C–C–N with tert-alkyl or cyclic N) is 1. The highest BCUT2D eigenvalue weighted by Gasteiger charge is 2.30. The number of nitrogens with zero attached hydrogens (tertiary/aromatic N) is 3. The van der Waals surface area contributed by atoms with Gasteiger partial charge in [0.1, 0.15) is 13.2 Å². The summed E-state index contributed by atoms with van der Waals surface area (Å²) in [4.78, 5) is 26.8. The second-order valence-electron chi connectivity index (χ2n) is 8.24. The van der Waals surface area contributed by atoms with E-state index in [2.05, 4.69) is 10.4 Å². The Bertz CT molecular complexity index is 1070. The van der Waals surface area contributed by atoms with Gasteiger partial charge >= 0.3 is 0 Å². The van der Waals surface area contributed by atoms with E-state index in [0.717, 1.165) is 11.3 Å². The van der Waals surface area contributed by atoms with Crippen LogP contribution in [0, 0.1) is 19.8 Å². The molecule has 2 aliphatic rings. The van der Waals surface area contributed by atoms with E-state index < -0.39 is 6.10 Å². The summed E-state index contributed by atoms with van der Waals surface area (Å²) < 4.78 is 12.7. The van der Waals surface area contributed by atoms with Gasteiger partial charge in [0, 0.05) is 42.2 Å². The number of aliphatic hydroxyl groups excluding tert-OH is 1. The highest BCUT2D eigenvalue weighted by atomic mass is 35.5. The molecule has 2 atom stereocenters. The number of fused-ring (bicyclic) bond motifs is 1. The summed E-state index contributed by atoms with van der Waals surface area (Å²) in [5.74, 6) is 0.481. The first-order chi connectivity index (χ1) is 15.3. The molecular formula is C22H27ClN4O5. The summed E-state index contributed by atoms with van der Waals surface area (Å²) in [6.07, 6.45) is 0.0358. The number of hydrogen-bond acceptors (Lipinski definition) is 7. The summed E-state index contributed by atoms with van der Waals surface area (Å²) >= 11 is 6.28. The number of rotatable bonds is 5. The predicted octanol–water partition coefficient (Wildman–Crippen LogP) is 1.36. The monoisotopic (exact) mass is 462 g/mol. The number of carbonyl (C=O) groups excluding carboxylic acids is 1. The Labute approximate surface area is 190 Å². The van der Waals surface area contributed by atoms with Gasteiger partial charge < -0.3 is 19.9 Å². The molecule has 2 aromatic rings. The summed E-state index contributed by atoms with van der Waals surface area (Å²) in [5, 5.41) is 18.2. The Kier molecular flexibility index (Phi) is 6.68. The van der Waals surface area contributed by atoms with Crippen molar-refractivity contribution in [2.24, 2.45) is 5.92 Å². The fourth-order valence-electron chi connectivity index (χ4n) is 4.05. The van der Waals surface area contributed by atoms with Crippen molar-refractivity contribution >= 4 is 17.5 Å². The number of ether oxygens (including phenoxy) is 2. The highest BCUT2D eigenvalue weighted by molar-refractivity contribution is 6.32. The molecule has 0 radical (unpaired) electrons. The third kappa shape index (κ3) is 4.74. The third-order valence-electron chi connectivity index (χ3n) is 5.91. The van der Waals surface area contributed by atoms with Crippen LogP contribution in [0.3, 0.4) is 0 Å². The minimum Gasteiger partial charge on any atom is -0.486 e. The molecular weight excluding hydrogens is 436 g/mol. The number of nitrogens with one attached hydrogen (secondary N) is 1. The number of benzene rings is 1. The minimum atomic E-state index is -0.639. The summed E-state index contributed by atoms with van der Waals surface area (Å²) in [7, 11) is 0. The smallest absolute Gasteiger partial charge is 0.267 e. The zero-order valence-electron chi connectivity index (χ0n) is 18.1. The average Bonchev–Trinajstić information content (AvgIpc) is 2.78. The number of amides is 1. The topological polar surface area (TPSA) is 106 Å². The molecule has 1 fully saturated rings. The molecule has 1 saturated heterocycles. The number of halogens is 1. The van der Waals surface area contributed by atoms with Crippen LogP contribution in [0.25, 0.3) is 0 Å². The summed E-state index contributed by atoms with van der Waals surface area (Å²) in [5.41, 5.74) is 1.65. The van der Waals surface area contributed by atoms with Crippen LogP contribution in [-0.4, -0.2) is 64.6 Å². The first-order valence-corrected chi connectivity index (χ1v) is 11.0. The number of likely N-dealkylation sites (tertiary alicyclic amines) is 1. The van der Waals surface area contributed by atoms with Crippen molar-refractivity contribution < 1.29 is 19.4 Å². The van der Waals surface area contributed by atoms with Crippen molar-refractivity contribution in [3.8, 4) is 11.5 Å². The Morgan fingerprint density at radius 2 is 2.03 bits per heavy atom. The quantitative estimate of drug-likeness (QED) is 0.691. The molecule has 4 rings (SSSR count). The lowest BCUT2D eigenvalue weighted by Gasteiger charge is -2.35. The molecule has 0 saturated carbocycles. The maximum atomic E-state index is 12.9. The van der Waals surface area contributed by atoms with Gasteiger partial charge in [0.05, 0.1) is 24.0 Å². The number of carbonyl (C=O) groups is 1. The molecule has 2 N–H and O–H groups in total. The first kappa shape index (κ1) is 22.6. The number of aliphatic hydroxyl groups is 1. The Balaban J connectivity index is 1.36. The van der Waals surface area contributed by atoms with Crippen LogP contribution in [0.1, 0.15) is 28.0 Å². The molecule has 1 aromatic carbocycles. The van der Waals surface area contributed by atoms with Crippen molar-refractivity contribution in [1.82, 2.24) is 20.0 Å². The molecule has 0 aliphatic carbocycles. The first-order valence-electron chi connectivity index (χ1n) is 10.7. The van der Waals surface area contributed by atoms with E-state index in [-0.39, 0.29) is 17.4 Å². The zero-order valence-corrected chi connectivity index (χ0v) is 18.9. The number of aromatic nitrogens is 2. The van der Waals surface area contributed by atoms with Crippen LogP contribution in [0.15, 0.2) is 23.0 Å². The average molecular weight is 463 g/mol. The maximum Gasteiger partial charge on any atom is 0.267 e. The van der Waals surface area contributed by atoms with Gasteiger partial charge in [0.25, 0.3) is 11.5 Å². The molecule has 1 aromatic heterocycles. The number of hydrogen-bond donors (Lipinski definition) is 2. The second kappa shape index (κ2) is 9.48. The van der Waals surface area contributed by atoms with Crippen LogP contribution in [-0.2, 0) is 6.67 Å². The van der Waals surface area contributed by atoms with Crippen LogP contribution in [0.4, 0.5) is 0 Å². The van der Waals surface area contributed by atoms with Gasteiger partial charge in [0.15, 0.2) is 11.5 Å². The van der Waals surface area contributed by atoms with E-state index in [1.165, 1.54) is 10.7 Å². The lowest BCUT2D eigenvalue weighted by atomic mass is 9.94. The maximum absolute atomic E-state index is 12.9. The Hall–Kier alpha value is -2.62. The Morgan fingerprint density at radius 3 is 2.78 bits per heavy atom. The summed E-state index contributed by atoms with van der Waals surface area (Å²) in [6, 6.07) is 4.76. The highest BCUT2D eigenvalue weighted by Crippen LogP contribution is 2.40. The Morgan fingerprint density at radius 1 is 1.28 bits per heavy atom. The third-order valence-corrected chi connectivity index (χ3v) is 6.30. The minimum absolute atomic E-state index is 0.105. The van der Waals surface area contributed by atoms with E-state index in [4.69, 9.17) is 21.1 Å². The van der Waals surface area contributed by atoms with Crippen molar-refractivity contribution in [1.29, 1.82) is 0 Å². The lowest BCUT2D eigenvalue weighted by molar-refractivity contribution is 0.00734. The number of piperidine rings is 1. The van der Waals surface area contributed by atoms with Gasteiger partial charge in [-0.15, -0.1) is 0 Å². The van der Waals surface area contributed by atoms with E-state index in [0.29, 0.717) is 68.0 Å². The largest absolute Gasteiger partial charge is 0.486 e. The molecule has 3 heterocycles. The van der Waals surface area contributed by atoms with Gasteiger partial charge in [-0.05, 0) is 32.4 Å². The summed E-state index contributed by atoms with van der Waals surface area (Å²) in [6.45, 7) is 6.14. The normalized spacial score (nSPS) is 20.8. The molecule has 172 valence electrons. The van der Waals surface area contributed by atoms with Gasteiger partial charge in [-0.2, -0.15) is 5.10 Å². The molecule has 9 nitrogen and oxygen atoms in total. The van der Waals surface area contributed by atoms with E-state index in [1.54, 1.807) is 12.1 Å². The van der Waals surface area contributed by atoms with Crippen LogP contribution >= 0.6 is 11.6 Å². The van der Waals surface area contributed by atoms with Crippen molar-refractivity contribution in [3.05, 3.63) is 50.4 Å². The standard InChI is InChI=1S/C22H27ClN4O5/c1-13-3-4-19(29)27(25-13)12-26-6-5-15(18(28)11-26)10-24-22(30)16-9-17(23)14(2)20-21(16)32-8-7-31-20/h3-4,9,15,18,28H,5-8,10-12H2,1-2H3,(H,24,30). The lowest BCUT2D eigenvalue weighted by Crippen LogP contribution is -2.49. The van der Waals surface area contributed by atoms with Gasteiger partial charge in [-0.3, -0.25) is 14.5 Å². The van der Waals surface area contributed by atoms with E-state index in [9.17, 15) is 14.7 Å². The fraction of sp³-hybridized carbons (Fsp3) is 0.500. The van der Waals surface area contributed by atoms with Crippen molar-refractivity contribution in [3.63, 3.8) is 0 Å². The molecule has 0 bridgehead atoms. The number of aryl methyl sites for hydroxylation is 1. The van der Waals surface area contributed by atoms with E-state index in [1.807, 2.05) is 18.7 Å². The molecule has 0 spiro atoms. The molecule has 2 aliphatic heterocycles. The SMILES string of the molecule is Cc1ccc(=O)n(CN2CCC(CNC(=O)c3cc(Cl)c(C)c4c3OCCO4)C(O)C2)n1. The molecule has 32 heavy (non-hydrogen) atoms.